The fourth-order valence-electron chi connectivity index (χ4n) is 0.933. The van der Waals surface area contributed by atoms with Gasteiger partial charge in [-0.1, -0.05) is 6.92 Å². The molecule has 0 aromatic heterocycles. The Hall–Kier alpha value is -1.63. The summed E-state index contributed by atoms with van der Waals surface area (Å²) in [5.41, 5.74) is 5.34. The van der Waals surface area contributed by atoms with Crippen LogP contribution in [0.2, 0.25) is 0 Å². The topological polar surface area (TPSA) is 127 Å². The number of hydrogen-bond acceptors (Lipinski definition) is 5. The third kappa shape index (κ3) is 5.30. The molecule has 0 bridgehead atoms. The minimum absolute atomic E-state index is 0.0791. The van der Waals surface area contributed by atoms with E-state index in [4.69, 9.17) is 15.9 Å². The van der Waals surface area contributed by atoms with Crippen molar-refractivity contribution in [2.24, 2.45) is 5.73 Å². The number of ether oxygens (including phenoxy) is 1. The van der Waals surface area contributed by atoms with Crippen LogP contribution in [0.25, 0.3) is 0 Å². The van der Waals surface area contributed by atoms with Crippen molar-refractivity contribution in [1.82, 2.24) is 0 Å². The molecule has 0 aromatic rings. The van der Waals surface area contributed by atoms with Gasteiger partial charge in [-0.15, -0.1) is 0 Å². The van der Waals surface area contributed by atoms with Gasteiger partial charge in [0.15, 0.2) is 6.10 Å². The molecule has 0 aliphatic carbocycles. The van der Waals surface area contributed by atoms with Crippen molar-refractivity contribution in [2.75, 3.05) is 0 Å². The van der Waals surface area contributed by atoms with Gasteiger partial charge in [-0.3, -0.25) is 9.59 Å². The first-order chi connectivity index (χ1) is 7.38. The summed E-state index contributed by atoms with van der Waals surface area (Å²) in [6, 6.07) is -1.11. The predicted octanol–water partition coefficient (Wildman–Crippen LogP) is -0.415. The number of aliphatic carboxylic acids is 2. The van der Waals surface area contributed by atoms with Gasteiger partial charge in [0.1, 0.15) is 6.04 Å². The molecule has 0 spiro atoms. The molecule has 4 N–H and O–H groups in total. The number of carbonyl (C=O) groups excluding carboxylic acids is 1. The molecule has 0 fully saturated rings. The molecule has 0 aliphatic heterocycles. The number of rotatable bonds is 7. The molecular formula is C9H15NO6. The zero-order valence-electron chi connectivity index (χ0n) is 8.88. The Morgan fingerprint density at radius 3 is 2.25 bits per heavy atom. The number of carboxylic acid groups (broad SMARTS) is 2. The van der Waals surface area contributed by atoms with E-state index in [2.05, 4.69) is 4.74 Å². The highest BCUT2D eigenvalue weighted by Crippen LogP contribution is 2.03. The summed E-state index contributed by atoms with van der Waals surface area (Å²) >= 11 is 0. The van der Waals surface area contributed by atoms with Crippen LogP contribution in [0.3, 0.4) is 0 Å². The van der Waals surface area contributed by atoms with E-state index >= 15 is 0 Å². The number of esters is 1. The molecule has 16 heavy (non-hydrogen) atoms. The van der Waals surface area contributed by atoms with Gasteiger partial charge in [0.05, 0.1) is 0 Å². The van der Waals surface area contributed by atoms with Crippen molar-refractivity contribution in [3.63, 3.8) is 0 Å². The first-order valence-corrected chi connectivity index (χ1v) is 4.79. The summed E-state index contributed by atoms with van der Waals surface area (Å²) in [5.74, 6) is -3.22. The second kappa shape index (κ2) is 6.78. The van der Waals surface area contributed by atoms with Crippen LogP contribution in [0.5, 0.6) is 0 Å². The first kappa shape index (κ1) is 14.4. The molecule has 0 rings (SSSR count). The lowest BCUT2D eigenvalue weighted by Gasteiger charge is -2.14. The Morgan fingerprint density at radius 1 is 1.31 bits per heavy atom. The molecule has 0 amide bonds. The lowest BCUT2D eigenvalue weighted by atomic mass is 10.1. The SMILES string of the molecule is CCC(OC(=O)[C@@H](N)CCC(=O)O)C(=O)O. The molecule has 92 valence electrons. The maximum atomic E-state index is 11.2. The average Bonchev–Trinajstić information content (AvgIpc) is 2.21. The summed E-state index contributed by atoms with van der Waals surface area (Å²) in [7, 11) is 0. The fraction of sp³-hybridized carbons (Fsp3) is 0.667. The lowest BCUT2D eigenvalue weighted by Crippen LogP contribution is -2.37. The summed E-state index contributed by atoms with van der Waals surface area (Å²) in [6.07, 6.45) is -1.44. The van der Waals surface area contributed by atoms with Crippen LogP contribution >= 0.6 is 0 Å². The van der Waals surface area contributed by atoms with E-state index in [0.717, 1.165) is 0 Å². The van der Waals surface area contributed by atoms with E-state index in [1.807, 2.05) is 0 Å². The average molecular weight is 233 g/mol. The van der Waals surface area contributed by atoms with Crippen LogP contribution < -0.4 is 5.73 Å². The van der Waals surface area contributed by atoms with Crippen molar-refractivity contribution in [1.29, 1.82) is 0 Å². The van der Waals surface area contributed by atoms with Gasteiger partial charge in [-0.05, 0) is 12.8 Å². The van der Waals surface area contributed by atoms with E-state index in [9.17, 15) is 14.4 Å². The van der Waals surface area contributed by atoms with Gasteiger partial charge in [-0.2, -0.15) is 0 Å². The molecule has 0 aliphatic rings. The Kier molecular flexibility index (Phi) is 6.09. The van der Waals surface area contributed by atoms with Crippen molar-refractivity contribution in [2.45, 2.75) is 38.3 Å². The maximum Gasteiger partial charge on any atom is 0.345 e. The van der Waals surface area contributed by atoms with E-state index in [1.165, 1.54) is 0 Å². The van der Waals surface area contributed by atoms with Crippen molar-refractivity contribution in [3.05, 3.63) is 0 Å². The highest BCUT2D eigenvalue weighted by atomic mass is 16.6. The molecule has 2 atom stereocenters. The van der Waals surface area contributed by atoms with Crippen LogP contribution in [0.4, 0.5) is 0 Å². The minimum Gasteiger partial charge on any atom is -0.481 e. The van der Waals surface area contributed by atoms with Gasteiger partial charge < -0.3 is 20.7 Å². The summed E-state index contributed by atoms with van der Waals surface area (Å²) in [5, 5.41) is 17.0. The highest BCUT2D eigenvalue weighted by Gasteiger charge is 2.24. The molecule has 7 nitrogen and oxygen atoms in total. The molecule has 0 saturated carbocycles. The molecule has 0 radical (unpaired) electrons. The monoisotopic (exact) mass is 233 g/mol. The lowest BCUT2D eigenvalue weighted by molar-refractivity contribution is -0.165. The Labute approximate surface area is 92.2 Å². The fourth-order valence-corrected chi connectivity index (χ4v) is 0.933. The van der Waals surface area contributed by atoms with Crippen molar-refractivity contribution in [3.8, 4) is 0 Å². The van der Waals surface area contributed by atoms with Gasteiger partial charge >= 0.3 is 17.9 Å². The summed E-state index contributed by atoms with van der Waals surface area (Å²) in [4.78, 5) is 32.0. The van der Waals surface area contributed by atoms with E-state index < -0.39 is 30.1 Å². The molecule has 0 saturated heterocycles. The number of carbonyl (C=O) groups is 3. The number of hydrogen-bond donors (Lipinski definition) is 3. The maximum absolute atomic E-state index is 11.2. The first-order valence-electron chi connectivity index (χ1n) is 4.79. The molecule has 0 aromatic carbocycles. The van der Waals surface area contributed by atoms with E-state index in [-0.39, 0.29) is 19.3 Å². The Balaban J connectivity index is 4.13. The van der Waals surface area contributed by atoms with Crippen LogP contribution in [0.1, 0.15) is 26.2 Å². The van der Waals surface area contributed by atoms with Gasteiger partial charge in [0.25, 0.3) is 0 Å². The predicted molar refractivity (Wildman–Crippen MR) is 52.7 cm³/mol. The van der Waals surface area contributed by atoms with Gasteiger partial charge in [0, 0.05) is 6.42 Å². The number of carboxylic acids is 2. The van der Waals surface area contributed by atoms with Gasteiger partial charge in [0.2, 0.25) is 0 Å². The van der Waals surface area contributed by atoms with Crippen molar-refractivity contribution >= 4 is 17.9 Å². The van der Waals surface area contributed by atoms with Crippen LogP contribution in [0, 0.1) is 0 Å². The van der Waals surface area contributed by atoms with E-state index in [0.29, 0.717) is 0 Å². The third-order valence-electron chi connectivity index (χ3n) is 1.88. The minimum atomic E-state index is -1.25. The Morgan fingerprint density at radius 2 is 1.88 bits per heavy atom. The number of nitrogens with two attached hydrogens (primary N) is 1. The zero-order chi connectivity index (χ0) is 12.7. The zero-order valence-corrected chi connectivity index (χ0v) is 8.88. The molecular weight excluding hydrogens is 218 g/mol. The quantitative estimate of drug-likeness (QED) is 0.510. The molecule has 1 unspecified atom stereocenters. The largest absolute Gasteiger partial charge is 0.481 e. The second-order valence-electron chi connectivity index (χ2n) is 3.21. The van der Waals surface area contributed by atoms with Crippen LogP contribution in [-0.2, 0) is 19.1 Å². The van der Waals surface area contributed by atoms with E-state index in [1.54, 1.807) is 6.92 Å². The van der Waals surface area contributed by atoms with Gasteiger partial charge in [-0.25, -0.2) is 4.79 Å². The van der Waals surface area contributed by atoms with Crippen LogP contribution in [0.15, 0.2) is 0 Å². The molecule has 0 heterocycles. The van der Waals surface area contributed by atoms with Crippen molar-refractivity contribution < 1.29 is 29.3 Å². The smallest absolute Gasteiger partial charge is 0.345 e. The standard InChI is InChI=1S/C9H15NO6/c1-2-6(8(13)14)16-9(15)5(10)3-4-7(11)12/h5-6H,2-4,10H2,1H3,(H,11,12)(H,13,14)/t5-,6?/m0/s1. The summed E-state index contributed by atoms with van der Waals surface area (Å²) in [6.45, 7) is 1.55. The Bertz CT molecular complexity index is 277. The normalized spacial score (nSPS) is 13.9. The highest BCUT2D eigenvalue weighted by molar-refractivity contribution is 5.81. The molecule has 7 heteroatoms. The summed E-state index contributed by atoms with van der Waals surface area (Å²) < 4.78 is 4.60. The second-order valence-corrected chi connectivity index (χ2v) is 3.21. The van der Waals surface area contributed by atoms with Crippen LogP contribution in [-0.4, -0.2) is 40.3 Å². The third-order valence-corrected chi connectivity index (χ3v) is 1.88.